The highest BCUT2D eigenvalue weighted by Crippen LogP contribution is 2.21. The predicted octanol–water partition coefficient (Wildman–Crippen LogP) is 1.68. The van der Waals surface area contributed by atoms with Gasteiger partial charge in [-0.05, 0) is 36.2 Å². The van der Waals surface area contributed by atoms with E-state index in [1.165, 1.54) is 6.07 Å². The normalized spacial score (nSPS) is 14.7. The minimum atomic E-state index is -0.435. The van der Waals surface area contributed by atoms with Crippen molar-refractivity contribution in [2.24, 2.45) is 0 Å². The summed E-state index contributed by atoms with van der Waals surface area (Å²) in [5, 5.41) is 8.52. The number of benzene rings is 1. The molecule has 8 nitrogen and oxygen atoms in total. The molecule has 1 saturated heterocycles. The molecule has 0 N–H and O–H groups in total. The van der Waals surface area contributed by atoms with Gasteiger partial charge in [0, 0.05) is 37.6 Å². The molecular weight excluding hydrogens is 348 g/mol. The van der Waals surface area contributed by atoms with Gasteiger partial charge in [-0.3, -0.25) is 4.79 Å². The Morgan fingerprint density at radius 1 is 1.11 bits per heavy atom. The van der Waals surface area contributed by atoms with E-state index < -0.39 is 5.63 Å². The molecule has 1 amide bonds. The van der Waals surface area contributed by atoms with Gasteiger partial charge in [0.05, 0.1) is 6.42 Å². The highest BCUT2D eigenvalue weighted by molar-refractivity contribution is 5.87. The minimum Gasteiger partial charge on any atom is -0.423 e. The molecule has 2 aromatic heterocycles. The zero-order chi connectivity index (χ0) is 19.0. The summed E-state index contributed by atoms with van der Waals surface area (Å²) < 4.78 is 10.0. The number of hydrogen-bond donors (Lipinski definition) is 0. The molecule has 1 aliphatic heterocycles. The maximum atomic E-state index is 12.8. The smallest absolute Gasteiger partial charge is 0.336 e. The molecule has 0 spiro atoms. The largest absolute Gasteiger partial charge is 0.423 e. The Hall–Kier alpha value is -3.16. The molecule has 1 fully saturated rings. The van der Waals surface area contributed by atoms with E-state index in [9.17, 15) is 9.59 Å². The number of aromatic nitrogens is 2. The van der Waals surface area contributed by atoms with Gasteiger partial charge < -0.3 is 14.2 Å². The Morgan fingerprint density at radius 2 is 1.89 bits per heavy atom. The van der Waals surface area contributed by atoms with E-state index in [4.69, 9.17) is 9.05 Å². The number of fused-ring (bicyclic) bond motifs is 1. The maximum absolute atomic E-state index is 12.8. The lowest BCUT2D eigenvalue weighted by Gasteiger charge is -2.34. The highest BCUT2D eigenvalue weighted by atomic mass is 16.6. The second-order valence-electron chi connectivity index (χ2n) is 6.81. The fourth-order valence-corrected chi connectivity index (χ4v) is 3.44. The van der Waals surface area contributed by atoms with Crippen molar-refractivity contribution in [3.05, 3.63) is 51.5 Å². The minimum absolute atomic E-state index is 0.00266. The van der Waals surface area contributed by atoms with Crippen LogP contribution in [0.3, 0.4) is 0 Å². The van der Waals surface area contributed by atoms with Crippen LogP contribution in [0.5, 0.6) is 0 Å². The van der Waals surface area contributed by atoms with E-state index in [-0.39, 0.29) is 12.3 Å². The third-order valence-electron chi connectivity index (χ3n) is 4.89. The molecule has 3 aromatic rings. The van der Waals surface area contributed by atoms with E-state index >= 15 is 0 Å². The van der Waals surface area contributed by atoms with Crippen LogP contribution in [0.15, 0.2) is 38.1 Å². The van der Waals surface area contributed by atoms with Crippen molar-refractivity contribution in [1.29, 1.82) is 0 Å². The predicted molar refractivity (Wildman–Crippen MR) is 98.8 cm³/mol. The zero-order valence-corrected chi connectivity index (χ0v) is 15.3. The van der Waals surface area contributed by atoms with Gasteiger partial charge >= 0.3 is 5.63 Å². The van der Waals surface area contributed by atoms with E-state index in [0.717, 1.165) is 22.5 Å². The lowest BCUT2D eigenvalue weighted by Crippen LogP contribution is -2.49. The molecule has 4 rings (SSSR count). The molecule has 0 unspecified atom stereocenters. The van der Waals surface area contributed by atoms with Crippen LogP contribution in [0.2, 0.25) is 0 Å². The number of hydrogen-bond acceptors (Lipinski definition) is 7. The van der Waals surface area contributed by atoms with Crippen molar-refractivity contribution in [3.8, 4) is 0 Å². The fourth-order valence-electron chi connectivity index (χ4n) is 3.44. The monoisotopic (exact) mass is 368 g/mol. The zero-order valence-electron chi connectivity index (χ0n) is 15.3. The Bertz CT molecular complexity index is 1050. The van der Waals surface area contributed by atoms with Crippen LogP contribution < -0.4 is 10.5 Å². The van der Waals surface area contributed by atoms with Gasteiger partial charge in [-0.25, -0.2) is 9.42 Å². The summed E-state index contributed by atoms with van der Waals surface area (Å²) in [5.41, 5.74) is 2.53. The molecule has 140 valence electrons. The molecule has 1 aromatic carbocycles. The summed E-state index contributed by atoms with van der Waals surface area (Å²) in [6, 6.07) is 7.08. The molecule has 0 bridgehead atoms. The molecule has 0 atom stereocenters. The molecule has 3 heterocycles. The first-order valence-corrected chi connectivity index (χ1v) is 8.86. The fraction of sp³-hybridized carbons (Fsp3) is 0.368. The first-order valence-electron chi connectivity index (χ1n) is 8.86. The first kappa shape index (κ1) is 17.3. The van der Waals surface area contributed by atoms with E-state index in [1.807, 2.05) is 36.9 Å². The van der Waals surface area contributed by atoms with Gasteiger partial charge in [-0.1, -0.05) is 17.3 Å². The van der Waals surface area contributed by atoms with E-state index in [1.54, 1.807) is 0 Å². The van der Waals surface area contributed by atoms with Crippen molar-refractivity contribution in [1.82, 2.24) is 15.2 Å². The average Bonchev–Trinajstić information content (AvgIpc) is 3.07. The number of rotatable bonds is 3. The van der Waals surface area contributed by atoms with Crippen molar-refractivity contribution in [2.45, 2.75) is 20.3 Å². The van der Waals surface area contributed by atoms with Gasteiger partial charge in [0.1, 0.15) is 11.3 Å². The Kier molecular flexibility index (Phi) is 4.39. The van der Waals surface area contributed by atoms with Crippen LogP contribution >= 0.6 is 0 Å². The summed E-state index contributed by atoms with van der Waals surface area (Å²) in [4.78, 5) is 28.5. The molecule has 8 heteroatoms. The SMILES string of the molecule is Cc1ccc2c(CC(=O)N3CCN(c4nonc4C)CC3)cc(=O)oc2c1. The molecule has 1 aliphatic rings. The number of carbonyl (C=O) groups is 1. The van der Waals surface area contributed by atoms with Gasteiger partial charge in [-0.15, -0.1) is 0 Å². The second-order valence-corrected chi connectivity index (χ2v) is 6.81. The van der Waals surface area contributed by atoms with Gasteiger partial charge in [-0.2, -0.15) is 0 Å². The molecular formula is C19H20N4O4. The highest BCUT2D eigenvalue weighted by Gasteiger charge is 2.24. The van der Waals surface area contributed by atoms with Crippen molar-refractivity contribution in [2.75, 3.05) is 31.1 Å². The van der Waals surface area contributed by atoms with Crippen LogP contribution in [-0.2, 0) is 11.2 Å². The number of carbonyl (C=O) groups excluding carboxylic acids is 1. The lowest BCUT2D eigenvalue weighted by atomic mass is 10.0. The number of aryl methyl sites for hydroxylation is 2. The van der Waals surface area contributed by atoms with Gasteiger partial charge in [0.15, 0.2) is 5.82 Å². The van der Waals surface area contributed by atoms with Crippen LogP contribution in [-0.4, -0.2) is 47.3 Å². The summed E-state index contributed by atoms with van der Waals surface area (Å²) in [7, 11) is 0. The Labute approximate surface area is 155 Å². The standard InChI is InChI=1S/C19H20N4O4/c1-12-3-4-15-14(11-18(25)26-16(15)9-12)10-17(24)22-5-7-23(8-6-22)19-13(2)20-27-21-19/h3-4,9,11H,5-8,10H2,1-2H3. The van der Waals surface area contributed by atoms with Crippen molar-refractivity contribution in [3.63, 3.8) is 0 Å². The number of anilines is 1. The van der Waals surface area contributed by atoms with Gasteiger partial charge in [0.25, 0.3) is 0 Å². The van der Waals surface area contributed by atoms with Crippen molar-refractivity contribution >= 4 is 22.7 Å². The molecule has 0 radical (unpaired) electrons. The van der Waals surface area contributed by atoms with Gasteiger partial charge in [0.2, 0.25) is 5.91 Å². The number of amides is 1. The summed E-state index contributed by atoms with van der Waals surface area (Å²) in [5.74, 6) is 0.723. The second kappa shape index (κ2) is 6.86. The number of nitrogens with zero attached hydrogens (tertiary/aromatic N) is 4. The van der Waals surface area contributed by atoms with E-state index in [0.29, 0.717) is 37.3 Å². The first-order chi connectivity index (χ1) is 13.0. The lowest BCUT2D eigenvalue weighted by molar-refractivity contribution is -0.130. The van der Waals surface area contributed by atoms with Crippen LogP contribution in [0.4, 0.5) is 5.82 Å². The van der Waals surface area contributed by atoms with Crippen molar-refractivity contribution < 1.29 is 13.8 Å². The molecule has 0 saturated carbocycles. The summed E-state index contributed by atoms with van der Waals surface area (Å²) in [6.45, 7) is 6.28. The van der Waals surface area contributed by atoms with Crippen LogP contribution in [0, 0.1) is 13.8 Å². The molecule has 0 aliphatic carbocycles. The molecule has 27 heavy (non-hydrogen) atoms. The number of piperazine rings is 1. The van der Waals surface area contributed by atoms with Crippen LogP contribution in [0.1, 0.15) is 16.8 Å². The third kappa shape index (κ3) is 3.42. The summed E-state index contributed by atoms with van der Waals surface area (Å²) >= 11 is 0. The average molecular weight is 368 g/mol. The quantitative estimate of drug-likeness (QED) is 0.650. The topological polar surface area (TPSA) is 92.7 Å². The maximum Gasteiger partial charge on any atom is 0.336 e. The Morgan fingerprint density at radius 3 is 2.59 bits per heavy atom. The third-order valence-corrected chi connectivity index (χ3v) is 4.89. The Balaban J connectivity index is 1.48. The summed E-state index contributed by atoms with van der Waals surface area (Å²) in [6.07, 6.45) is 0.176. The van der Waals surface area contributed by atoms with E-state index in [2.05, 4.69) is 15.2 Å². The van der Waals surface area contributed by atoms with Crippen LogP contribution in [0.25, 0.3) is 11.0 Å².